The molecule has 0 saturated carbocycles. The van der Waals surface area contributed by atoms with E-state index in [9.17, 15) is 26.5 Å². The van der Waals surface area contributed by atoms with E-state index in [4.69, 9.17) is 4.89 Å². The zero-order valence-electron chi connectivity index (χ0n) is 8.76. The first-order valence-electron chi connectivity index (χ1n) is 3.93. The van der Waals surface area contributed by atoms with E-state index in [1.165, 1.54) is 21.1 Å². The monoisotopic (exact) mass is 272 g/mol. The molecule has 1 atom stereocenters. The van der Waals surface area contributed by atoms with Crippen LogP contribution in [0.2, 0.25) is 0 Å². The minimum atomic E-state index is -6.12. The van der Waals surface area contributed by atoms with Crippen molar-refractivity contribution in [3.8, 4) is 0 Å². The second-order valence-corrected chi connectivity index (χ2v) is 5.97. The van der Waals surface area contributed by atoms with Crippen molar-refractivity contribution >= 4 is 7.60 Å². The van der Waals surface area contributed by atoms with Gasteiger partial charge in [-0.25, -0.2) is 0 Å². The van der Waals surface area contributed by atoms with Gasteiger partial charge in [-0.2, -0.15) is 22.0 Å². The van der Waals surface area contributed by atoms with E-state index < -0.39 is 26.2 Å². The number of quaternary nitrogens is 1. The molecule has 0 saturated heterocycles. The molecule has 0 aliphatic carbocycles. The van der Waals surface area contributed by atoms with Crippen LogP contribution in [-0.4, -0.2) is 49.1 Å². The minimum absolute atomic E-state index is 0.196. The molecule has 10 heteroatoms. The quantitative estimate of drug-likeness (QED) is 0.368. The summed E-state index contributed by atoms with van der Waals surface area (Å²) in [5, 5.41) is 0. The van der Waals surface area contributed by atoms with Crippen molar-refractivity contribution < 1.29 is 40.4 Å². The molecule has 1 N–H and O–H groups in total. The van der Waals surface area contributed by atoms with Gasteiger partial charge in [0.05, 0.1) is 21.1 Å². The number of halogens is 5. The lowest BCUT2D eigenvalue weighted by molar-refractivity contribution is -0.887. The van der Waals surface area contributed by atoms with Crippen LogP contribution in [0.3, 0.4) is 0 Å². The van der Waals surface area contributed by atoms with Crippen LogP contribution < -0.4 is 0 Å². The zero-order valence-corrected chi connectivity index (χ0v) is 9.65. The van der Waals surface area contributed by atoms with Crippen LogP contribution in [0, 0.1) is 0 Å². The Bertz CT molecular complexity index is 298. The van der Waals surface area contributed by atoms with Gasteiger partial charge < -0.3 is 9.38 Å². The Balaban J connectivity index is 4.87. The summed E-state index contributed by atoms with van der Waals surface area (Å²) in [5.74, 6) is 0. The Labute approximate surface area is 88.7 Å². The van der Waals surface area contributed by atoms with Crippen molar-refractivity contribution in [1.29, 1.82) is 0 Å². The van der Waals surface area contributed by atoms with E-state index in [-0.39, 0.29) is 4.48 Å². The van der Waals surface area contributed by atoms with E-state index in [0.717, 1.165) is 0 Å². The normalized spacial score (nSPS) is 18.3. The maximum absolute atomic E-state index is 12.5. The molecule has 0 aliphatic rings. The van der Waals surface area contributed by atoms with Crippen molar-refractivity contribution in [2.24, 2.45) is 0 Å². The molecule has 16 heavy (non-hydrogen) atoms. The van der Waals surface area contributed by atoms with E-state index in [1.807, 2.05) is 0 Å². The van der Waals surface area contributed by atoms with Crippen LogP contribution in [0.25, 0.3) is 0 Å². The van der Waals surface area contributed by atoms with Gasteiger partial charge in [-0.1, -0.05) is 0 Å². The van der Waals surface area contributed by atoms with Crippen molar-refractivity contribution in [1.82, 2.24) is 0 Å². The number of rotatable bonds is 4. The second kappa shape index (κ2) is 4.21. The maximum atomic E-state index is 12.5. The molecule has 0 aromatic heterocycles. The summed E-state index contributed by atoms with van der Waals surface area (Å²) in [6.45, 7) is -0.751. The zero-order chi connectivity index (χ0) is 13.4. The largest absolute Gasteiger partial charge is 0.466 e. The third-order valence-electron chi connectivity index (χ3n) is 1.32. The first-order chi connectivity index (χ1) is 6.71. The smallest absolute Gasteiger partial charge is 0.320 e. The van der Waals surface area contributed by atoms with Gasteiger partial charge in [0.15, 0.2) is 6.73 Å². The van der Waals surface area contributed by atoms with Crippen LogP contribution in [-0.2, 0) is 9.09 Å². The molecule has 0 radical (unpaired) electrons. The van der Waals surface area contributed by atoms with Crippen molar-refractivity contribution in [3.05, 3.63) is 0 Å². The Kier molecular flexibility index (Phi) is 4.15. The van der Waals surface area contributed by atoms with Gasteiger partial charge in [0, 0.05) is 0 Å². The fourth-order valence-corrected chi connectivity index (χ4v) is 1.48. The van der Waals surface area contributed by atoms with Crippen LogP contribution in [0.5, 0.6) is 0 Å². The average molecular weight is 272 g/mol. The molecule has 0 bridgehead atoms. The van der Waals surface area contributed by atoms with Crippen molar-refractivity contribution in [2.45, 2.75) is 11.8 Å². The average Bonchev–Trinajstić information content (AvgIpc) is 1.97. The molecular formula is C6H12F5NO3P+. The summed E-state index contributed by atoms with van der Waals surface area (Å²) in [4.78, 5) is 8.59. The fraction of sp³-hybridized carbons (Fsp3) is 1.00. The Morgan fingerprint density at radius 1 is 1.19 bits per heavy atom. The van der Waals surface area contributed by atoms with Gasteiger partial charge in [0.25, 0.3) is 0 Å². The molecule has 0 heterocycles. The molecule has 4 nitrogen and oxygen atoms in total. The lowest BCUT2D eigenvalue weighted by Crippen LogP contribution is -2.40. The molecular weight excluding hydrogens is 260 g/mol. The number of alkyl halides is 5. The lowest BCUT2D eigenvalue weighted by atomic mass is 10.7. The Hall–Kier alpha value is -0.240. The standard InChI is InChI=1S/C6H11F5NO3P/c1-12(2,3)4-15-16(13,14)6(10,11)5(7,8)9/h4H2,1-3H3/p+1. The molecule has 0 spiro atoms. The van der Waals surface area contributed by atoms with Gasteiger partial charge in [-0.15, -0.1) is 0 Å². The molecule has 1 unspecified atom stereocenters. The molecule has 0 aromatic carbocycles. The highest BCUT2D eigenvalue weighted by molar-refractivity contribution is 7.54. The maximum Gasteiger partial charge on any atom is 0.466 e. The third kappa shape index (κ3) is 3.65. The first kappa shape index (κ1) is 15.8. The molecule has 0 rings (SSSR count). The molecule has 98 valence electrons. The van der Waals surface area contributed by atoms with Crippen LogP contribution >= 0.6 is 7.60 Å². The predicted molar refractivity (Wildman–Crippen MR) is 44.8 cm³/mol. The summed E-state index contributed by atoms with van der Waals surface area (Å²) in [6, 6.07) is 0. The van der Waals surface area contributed by atoms with Crippen LogP contribution in [0.1, 0.15) is 0 Å². The lowest BCUT2D eigenvalue weighted by Gasteiger charge is -2.28. The highest BCUT2D eigenvalue weighted by Gasteiger charge is 2.71. The molecule has 0 aromatic rings. The van der Waals surface area contributed by atoms with Crippen LogP contribution in [0.15, 0.2) is 0 Å². The summed E-state index contributed by atoms with van der Waals surface area (Å²) in [6.07, 6.45) is -6.12. The number of hydrogen-bond acceptors (Lipinski definition) is 2. The minimum Gasteiger partial charge on any atom is -0.320 e. The SMILES string of the molecule is C[N+](C)(C)COP(=O)(O)C(F)(F)C(F)(F)F. The van der Waals surface area contributed by atoms with E-state index in [2.05, 4.69) is 4.52 Å². The summed E-state index contributed by atoms with van der Waals surface area (Å²) in [5.41, 5.74) is -5.77. The van der Waals surface area contributed by atoms with E-state index >= 15 is 0 Å². The van der Waals surface area contributed by atoms with Gasteiger partial charge in [-0.3, -0.25) is 9.09 Å². The molecule has 0 aliphatic heterocycles. The van der Waals surface area contributed by atoms with Gasteiger partial charge in [-0.05, 0) is 0 Å². The van der Waals surface area contributed by atoms with Gasteiger partial charge >= 0.3 is 19.4 Å². The predicted octanol–water partition coefficient (Wildman–Crippen LogP) is 2.01. The number of hydrogen-bond donors (Lipinski definition) is 1. The van der Waals surface area contributed by atoms with E-state index in [1.54, 1.807) is 0 Å². The van der Waals surface area contributed by atoms with Gasteiger partial charge in [0.1, 0.15) is 0 Å². The highest BCUT2D eigenvalue weighted by atomic mass is 31.2. The van der Waals surface area contributed by atoms with Crippen LogP contribution in [0.4, 0.5) is 22.0 Å². The fourth-order valence-electron chi connectivity index (χ4n) is 0.493. The van der Waals surface area contributed by atoms with E-state index in [0.29, 0.717) is 0 Å². The topological polar surface area (TPSA) is 46.5 Å². The number of nitrogens with zero attached hydrogens (tertiary/aromatic N) is 1. The molecule has 0 amide bonds. The van der Waals surface area contributed by atoms with Crippen molar-refractivity contribution in [2.75, 3.05) is 27.9 Å². The first-order valence-corrected chi connectivity index (χ1v) is 5.51. The summed E-state index contributed by atoms with van der Waals surface area (Å²) < 4.78 is 74.8. The van der Waals surface area contributed by atoms with Crippen molar-refractivity contribution in [3.63, 3.8) is 0 Å². The summed E-state index contributed by atoms with van der Waals surface area (Å²) in [7, 11) is -1.90. The molecule has 0 fully saturated rings. The van der Waals surface area contributed by atoms with Gasteiger partial charge in [0.2, 0.25) is 0 Å². The summed E-state index contributed by atoms with van der Waals surface area (Å²) >= 11 is 0. The Morgan fingerprint density at radius 3 is 1.81 bits per heavy atom. The Morgan fingerprint density at radius 2 is 1.56 bits per heavy atom. The second-order valence-electron chi connectivity index (χ2n) is 4.11. The highest BCUT2D eigenvalue weighted by Crippen LogP contribution is 2.63. The third-order valence-corrected chi connectivity index (χ3v) is 2.74.